The van der Waals surface area contributed by atoms with Gasteiger partial charge in [0.25, 0.3) is 0 Å². The molecule has 1 aromatic carbocycles. The van der Waals surface area contributed by atoms with Gasteiger partial charge in [0, 0.05) is 6.54 Å². The zero-order valence-corrected chi connectivity index (χ0v) is 9.30. The van der Waals surface area contributed by atoms with Gasteiger partial charge in [-0.15, -0.1) is 0 Å². The van der Waals surface area contributed by atoms with E-state index in [0.29, 0.717) is 17.9 Å². The van der Waals surface area contributed by atoms with Crippen LogP contribution in [-0.4, -0.2) is 17.9 Å². The summed E-state index contributed by atoms with van der Waals surface area (Å²) >= 11 is 1.49. The molecule has 3 nitrogen and oxygen atoms in total. The summed E-state index contributed by atoms with van der Waals surface area (Å²) in [5, 5.41) is 11.5. The molecule has 1 amide bonds. The second kappa shape index (κ2) is 6.10. The summed E-state index contributed by atoms with van der Waals surface area (Å²) in [6.45, 7) is 0.481. The molecule has 0 aliphatic heterocycles. The molecule has 0 heterocycles. The van der Waals surface area contributed by atoms with E-state index < -0.39 is 0 Å². The Hall–Kier alpha value is -1.47. The zero-order valence-electron chi connectivity index (χ0n) is 8.49. The maximum Gasteiger partial charge on any atom is 0.230 e. The second-order valence-electron chi connectivity index (χ2n) is 3.02. The Morgan fingerprint density at radius 2 is 2.40 bits per heavy atom. The van der Waals surface area contributed by atoms with Gasteiger partial charge in [0.05, 0.1) is 17.4 Å². The minimum Gasteiger partial charge on any atom is -0.351 e. The van der Waals surface area contributed by atoms with E-state index in [9.17, 15) is 4.79 Å². The lowest BCUT2D eigenvalue weighted by molar-refractivity contribution is -0.118. The standard InChI is InChI=1S/C11H12N2OS/c1-15-8-11(14)13-7-10-4-2-3-9(5-10)6-12/h2-5H,7-8H2,1H3,(H,13,14). The van der Waals surface area contributed by atoms with Crippen molar-refractivity contribution in [1.29, 1.82) is 5.26 Å². The Morgan fingerprint density at radius 1 is 1.60 bits per heavy atom. The summed E-state index contributed by atoms with van der Waals surface area (Å²) in [4.78, 5) is 11.2. The third-order valence-corrected chi connectivity index (χ3v) is 2.37. The molecule has 0 aliphatic carbocycles. The molecule has 0 aromatic heterocycles. The predicted molar refractivity (Wildman–Crippen MR) is 61.4 cm³/mol. The molecule has 0 spiro atoms. The van der Waals surface area contributed by atoms with Gasteiger partial charge in [0.2, 0.25) is 5.91 Å². The number of hydrogen-bond donors (Lipinski definition) is 1. The van der Waals surface area contributed by atoms with Crippen molar-refractivity contribution in [3.8, 4) is 6.07 Å². The molecule has 0 saturated heterocycles. The molecule has 78 valence electrons. The monoisotopic (exact) mass is 220 g/mol. The molecule has 0 saturated carbocycles. The fourth-order valence-corrected chi connectivity index (χ4v) is 1.50. The fraction of sp³-hybridized carbons (Fsp3) is 0.273. The first kappa shape index (κ1) is 11.6. The van der Waals surface area contributed by atoms with Crippen LogP contribution in [0.2, 0.25) is 0 Å². The van der Waals surface area contributed by atoms with Crippen molar-refractivity contribution < 1.29 is 4.79 Å². The van der Waals surface area contributed by atoms with Crippen LogP contribution in [0.1, 0.15) is 11.1 Å². The largest absolute Gasteiger partial charge is 0.351 e. The third kappa shape index (κ3) is 4.05. The minimum atomic E-state index is 0.0184. The van der Waals surface area contributed by atoms with Gasteiger partial charge in [-0.1, -0.05) is 12.1 Å². The van der Waals surface area contributed by atoms with Crippen LogP contribution < -0.4 is 5.32 Å². The summed E-state index contributed by atoms with van der Waals surface area (Å²) in [7, 11) is 0. The van der Waals surface area contributed by atoms with Crippen LogP contribution in [0.25, 0.3) is 0 Å². The number of nitrogens with zero attached hydrogens (tertiary/aromatic N) is 1. The Kier molecular flexibility index (Phi) is 4.72. The minimum absolute atomic E-state index is 0.0184. The van der Waals surface area contributed by atoms with Gasteiger partial charge in [-0.05, 0) is 24.0 Å². The molecule has 0 aliphatic rings. The highest BCUT2D eigenvalue weighted by molar-refractivity contribution is 7.99. The van der Waals surface area contributed by atoms with Gasteiger partial charge in [0.15, 0.2) is 0 Å². The molecule has 1 aromatic rings. The van der Waals surface area contributed by atoms with Crippen molar-refractivity contribution in [3.63, 3.8) is 0 Å². The lowest BCUT2D eigenvalue weighted by Gasteiger charge is -2.04. The summed E-state index contributed by atoms with van der Waals surface area (Å²) in [6, 6.07) is 9.29. The number of amides is 1. The quantitative estimate of drug-likeness (QED) is 0.837. The highest BCUT2D eigenvalue weighted by Gasteiger charge is 2.00. The molecule has 0 unspecified atom stereocenters. The lowest BCUT2D eigenvalue weighted by atomic mass is 10.1. The molecule has 0 atom stereocenters. The maximum absolute atomic E-state index is 11.2. The summed E-state index contributed by atoms with van der Waals surface area (Å²) in [5.74, 6) is 0.489. The lowest BCUT2D eigenvalue weighted by Crippen LogP contribution is -2.24. The predicted octanol–water partition coefficient (Wildman–Crippen LogP) is 1.54. The molecule has 15 heavy (non-hydrogen) atoms. The van der Waals surface area contributed by atoms with E-state index in [1.54, 1.807) is 12.1 Å². The average Bonchev–Trinajstić information content (AvgIpc) is 2.27. The SMILES string of the molecule is CSCC(=O)NCc1cccc(C#N)c1. The van der Waals surface area contributed by atoms with Crippen LogP contribution in [0, 0.1) is 11.3 Å². The Bertz CT molecular complexity index is 384. The Labute approximate surface area is 93.5 Å². The van der Waals surface area contributed by atoms with E-state index in [0.717, 1.165) is 5.56 Å². The molecule has 1 rings (SSSR count). The van der Waals surface area contributed by atoms with Crippen molar-refractivity contribution >= 4 is 17.7 Å². The highest BCUT2D eigenvalue weighted by Crippen LogP contribution is 2.03. The van der Waals surface area contributed by atoms with Gasteiger partial charge in [0.1, 0.15) is 0 Å². The molecule has 1 N–H and O–H groups in total. The topological polar surface area (TPSA) is 52.9 Å². The van der Waals surface area contributed by atoms with Gasteiger partial charge >= 0.3 is 0 Å². The highest BCUT2D eigenvalue weighted by atomic mass is 32.2. The Morgan fingerprint density at radius 3 is 3.07 bits per heavy atom. The van der Waals surface area contributed by atoms with Gasteiger partial charge in [-0.3, -0.25) is 4.79 Å². The van der Waals surface area contributed by atoms with Crippen molar-refractivity contribution in [3.05, 3.63) is 35.4 Å². The number of carbonyl (C=O) groups excluding carboxylic acids is 1. The molecule has 0 fully saturated rings. The smallest absolute Gasteiger partial charge is 0.230 e. The van der Waals surface area contributed by atoms with Gasteiger partial charge in [-0.25, -0.2) is 0 Å². The summed E-state index contributed by atoms with van der Waals surface area (Å²) in [5.41, 5.74) is 1.56. The van der Waals surface area contributed by atoms with Crippen LogP contribution in [0.3, 0.4) is 0 Å². The molecular weight excluding hydrogens is 208 g/mol. The first-order valence-corrected chi connectivity index (χ1v) is 5.90. The molecular formula is C11H12N2OS. The van der Waals surface area contributed by atoms with Crippen molar-refractivity contribution in [2.75, 3.05) is 12.0 Å². The van der Waals surface area contributed by atoms with E-state index in [1.807, 2.05) is 18.4 Å². The van der Waals surface area contributed by atoms with E-state index in [4.69, 9.17) is 5.26 Å². The van der Waals surface area contributed by atoms with E-state index in [2.05, 4.69) is 11.4 Å². The first-order valence-electron chi connectivity index (χ1n) is 4.51. The molecule has 0 radical (unpaired) electrons. The van der Waals surface area contributed by atoms with Crippen molar-refractivity contribution in [2.45, 2.75) is 6.54 Å². The van der Waals surface area contributed by atoms with Crippen LogP contribution in [0.5, 0.6) is 0 Å². The average molecular weight is 220 g/mol. The number of carbonyl (C=O) groups is 1. The maximum atomic E-state index is 11.2. The van der Waals surface area contributed by atoms with E-state index >= 15 is 0 Å². The van der Waals surface area contributed by atoms with E-state index in [1.165, 1.54) is 11.8 Å². The fourth-order valence-electron chi connectivity index (χ4n) is 1.13. The number of benzene rings is 1. The van der Waals surface area contributed by atoms with Crippen LogP contribution in [0.15, 0.2) is 24.3 Å². The summed E-state index contributed by atoms with van der Waals surface area (Å²) < 4.78 is 0. The van der Waals surface area contributed by atoms with Gasteiger partial charge < -0.3 is 5.32 Å². The Balaban J connectivity index is 2.51. The van der Waals surface area contributed by atoms with Crippen LogP contribution in [0.4, 0.5) is 0 Å². The zero-order chi connectivity index (χ0) is 11.1. The van der Waals surface area contributed by atoms with E-state index in [-0.39, 0.29) is 5.91 Å². The number of rotatable bonds is 4. The third-order valence-electron chi connectivity index (χ3n) is 1.82. The van der Waals surface area contributed by atoms with Gasteiger partial charge in [-0.2, -0.15) is 17.0 Å². The second-order valence-corrected chi connectivity index (χ2v) is 3.89. The number of thioether (sulfide) groups is 1. The van der Waals surface area contributed by atoms with Crippen LogP contribution >= 0.6 is 11.8 Å². The first-order chi connectivity index (χ1) is 7.26. The molecule has 4 heteroatoms. The molecule has 0 bridgehead atoms. The summed E-state index contributed by atoms with van der Waals surface area (Å²) in [6.07, 6.45) is 1.88. The van der Waals surface area contributed by atoms with Crippen molar-refractivity contribution in [2.24, 2.45) is 0 Å². The number of nitriles is 1. The normalized spacial score (nSPS) is 9.33. The number of nitrogens with one attached hydrogen (secondary N) is 1. The number of hydrogen-bond acceptors (Lipinski definition) is 3. The van der Waals surface area contributed by atoms with Crippen molar-refractivity contribution in [1.82, 2.24) is 5.32 Å². The van der Waals surface area contributed by atoms with Crippen LogP contribution in [-0.2, 0) is 11.3 Å².